The minimum Gasteiger partial charge on any atom is -0.478 e. The monoisotopic (exact) mass is 536 g/mol. The average molecular weight is 536 g/mol. The fraction of sp³-hybridized carbons (Fsp3) is 0.148. The molecule has 0 aliphatic carbocycles. The van der Waals surface area contributed by atoms with Crippen molar-refractivity contribution in [2.45, 2.75) is 23.9 Å². The predicted octanol–water partition coefficient (Wildman–Crippen LogP) is 0.980. The van der Waals surface area contributed by atoms with E-state index in [0.29, 0.717) is 0 Å². The van der Waals surface area contributed by atoms with Crippen LogP contribution in [0.15, 0.2) is 84.9 Å². The summed E-state index contributed by atoms with van der Waals surface area (Å²) in [6, 6.07) is 17.5. The Labute approximate surface area is 221 Å². The Bertz CT molecular complexity index is 1360. The molecule has 3 aromatic rings. The Morgan fingerprint density at radius 3 is 1.67 bits per heavy atom. The molecule has 39 heavy (non-hydrogen) atoms. The molecule has 12 heteroatoms. The number of aliphatic hydroxyl groups excluding tert-OH is 1. The molecule has 1 amide bonds. The van der Waals surface area contributed by atoms with E-state index >= 15 is 0 Å². The van der Waals surface area contributed by atoms with Crippen molar-refractivity contribution in [1.29, 1.82) is 0 Å². The number of primary amides is 1. The number of ether oxygens (including phenoxy) is 2. The Morgan fingerprint density at radius 1 is 0.744 bits per heavy atom. The van der Waals surface area contributed by atoms with Crippen LogP contribution in [0.5, 0.6) is 0 Å². The Kier molecular flexibility index (Phi) is 8.76. The van der Waals surface area contributed by atoms with Crippen LogP contribution in [-0.4, -0.2) is 57.3 Å². The lowest BCUT2D eigenvalue weighted by Gasteiger charge is -2.34. The van der Waals surface area contributed by atoms with Gasteiger partial charge in [-0.1, -0.05) is 60.7 Å². The van der Waals surface area contributed by atoms with Crippen molar-refractivity contribution < 1.29 is 48.8 Å². The molecule has 4 atom stereocenters. The van der Waals surface area contributed by atoms with Crippen molar-refractivity contribution in [3.05, 3.63) is 107 Å². The number of amides is 1. The van der Waals surface area contributed by atoms with E-state index in [-0.39, 0.29) is 16.7 Å². The van der Waals surface area contributed by atoms with Crippen LogP contribution < -0.4 is 11.5 Å². The summed E-state index contributed by atoms with van der Waals surface area (Å²) in [5.41, 5.74) is 7.33. The maximum Gasteiger partial charge on any atom is 0.357 e. The molecule has 0 radical (unpaired) electrons. The number of nitrogens with two attached hydrogens (primary N) is 2. The van der Waals surface area contributed by atoms with E-state index in [2.05, 4.69) is 0 Å². The lowest BCUT2D eigenvalue weighted by atomic mass is 9.86. The number of aliphatic carboxylic acids is 2. The molecule has 0 heterocycles. The number of rotatable bonds is 11. The summed E-state index contributed by atoms with van der Waals surface area (Å²) < 4.78 is 10.5. The highest BCUT2D eigenvalue weighted by atomic mass is 16.6. The van der Waals surface area contributed by atoms with Crippen molar-refractivity contribution in [2.24, 2.45) is 11.5 Å². The zero-order valence-corrected chi connectivity index (χ0v) is 20.2. The summed E-state index contributed by atoms with van der Waals surface area (Å²) in [6.07, 6.45) is -4.35. The summed E-state index contributed by atoms with van der Waals surface area (Å²) in [5.74, 6) is -7.40. The fourth-order valence-corrected chi connectivity index (χ4v) is 3.69. The number of carbonyl (C=O) groups is 5. The third-order valence-corrected chi connectivity index (χ3v) is 5.76. The van der Waals surface area contributed by atoms with Gasteiger partial charge in [0.2, 0.25) is 5.91 Å². The standard InChI is InChI=1S/C27H24N2O10/c28-19(20(30)22(29)31)15-11-13-18(14-12-15)27(26(36)37,39-25(35)17-9-5-2-6-10-17)21(23(32)33)38-24(34)16-7-3-1-4-8-16/h1-14,19-21,30H,28H2,(H2,29,31)(H,32,33)(H,36,37)/t19-,20+,21?,27?/m0/s1. The van der Waals surface area contributed by atoms with Gasteiger partial charge in [0, 0.05) is 5.56 Å². The number of carboxylic acid groups (broad SMARTS) is 2. The predicted molar refractivity (Wildman–Crippen MR) is 133 cm³/mol. The molecule has 0 bridgehead atoms. The number of esters is 2. The van der Waals surface area contributed by atoms with Gasteiger partial charge < -0.3 is 36.3 Å². The molecular weight excluding hydrogens is 512 g/mol. The van der Waals surface area contributed by atoms with Gasteiger partial charge in [-0.2, -0.15) is 0 Å². The molecule has 3 aromatic carbocycles. The van der Waals surface area contributed by atoms with Crippen molar-refractivity contribution in [3.63, 3.8) is 0 Å². The Morgan fingerprint density at radius 2 is 1.23 bits per heavy atom. The van der Waals surface area contributed by atoms with Crippen LogP contribution in [0.1, 0.15) is 37.9 Å². The highest BCUT2D eigenvalue weighted by Crippen LogP contribution is 2.35. The molecule has 0 aliphatic rings. The number of aliphatic hydroxyl groups is 1. The second kappa shape index (κ2) is 12.0. The summed E-state index contributed by atoms with van der Waals surface area (Å²) in [7, 11) is 0. The minimum absolute atomic E-state index is 0.0841. The van der Waals surface area contributed by atoms with Gasteiger partial charge in [-0.15, -0.1) is 0 Å². The first-order chi connectivity index (χ1) is 18.5. The summed E-state index contributed by atoms with van der Waals surface area (Å²) in [6.45, 7) is 0. The second-order valence-electron chi connectivity index (χ2n) is 8.28. The molecule has 0 aromatic heterocycles. The fourth-order valence-electron chi connectivity index (χ4n) is 3.69. The quantitative estimate of drug-likeness (QED) is 0.218. The number of hydrogen-bond acceptors (Lipinski definition) is 9. The molecule has 0 spiro atoms. The van der Waals surface area contributed by atoms with Crippen LogP contribution in [-0.2, 0) is 29.5 Å². The molecular formula is C27H24N2O10. The molecule has 0 saturated heterocycles. The molecule has 2 unspecified atom stereocenters. The van der Waals surface area contributed by atoms with E-state index in [0.717, 1.165) is 12.1 Å². The van der Waals surface area contributed by atoms with Crippen LogP contribution >= 0.6 is 0 Å². The highest BCUT2D eigenvalue weighted by Gasteiger charge is 2.58. The van der Waals surface area contributed by atoms with E-state index in [4.69, 9.17) is 20.9 Å². The van der Waals surface area contributed by atoms with E-state index in [1.54, 1.807) is 12.1 Å². The third-order valence-electron chi connectivity index (χ3n) is 5.76. The summed E-state index contributed by atoms with van der Waals surface area (Å²) in [4.78, 5) is 62.4. The highest BCUT2D eigenvalue weighted by molar-refractivity contribution is 5.97. The van der Waals surface area contributed by atoms with Crippen LogP contribution in [0.25, 0.3) is 0 Å². The van der Waals surface area contributed by atoms with Gasteiger partial charge in [-0.25, -0.2) is 19.2 Å². The molecule has 12 nitrogen and oxygen atoms in total. The molecule has 3 rings (SSSR count). The molecule has 202 valence electrons. The molecule has 0 aliphatic heterocycles. The van der Waals surface area contributed by atoms with Crippen molar-refractivity contribution in [3.8, 4) is 0 Å². The van der Waals surface area contributed by atoms with Gasteiger partial charge in [0.05, 0.1) is 17.2 Å². The zero-order chi connectivity index (χ0) is 28.7. The van der Waals surface area contributed by atoms with Crippen LogP contribution in [0.4, 0.5) is 0 Å². The first-order valence-electron chi connectivity index (χ1n) is 11.3. The van der Waals surface area contributed by atoms with Gasteiger partial charge in [-0.3, -0.25) is 4.79 Å². The van der Waals surface area contributed by atoms with E-state index in [1.165, 1.54) is 60.7 Å². The van der Waals surface area contributed by atoms with E-state index in [9.17, 15) is 39.3 Å². The topological polar surface area (TPSA) is 217 Å². The van der Waals surface area contributed by atoms with Crippen molar-refractivity contribution in [1.82, 2.24) is 0 Å². The number of carbonyl (C=O) groups excluding carboxylic acids is 3. The Hall–Kier alpha value is -5.07. The zero-order valence-electron chi connectivity index (χ0n) is 20.2. The van der Waals surface area contributed by atoms with E-state index < -0.39 is 59.2 Å². The lowest BCUT2D eigenvalue weighted by Crippen LogP contribution is -2.55. The third kappa shape index (κ3) is 6.09. The number of benzene rings is 3. The van der Waals surface area contributed by atoms with Gasteiger partial charge in [-0.05, 0) is 29.8 Å². The van der Waals surface area contributed by atoms with Gasteiger partial charge in [0.15, 0.2) is 6.10 Å². The van der Waals surface area contributed by atoms with Crippen molar-refractivity contribution >= 4 is 29.8 Å². The maximum absolute atomic E-state index is 13.0. The van der Waals surface area contributed by atoms with Gasteiger partial charge in [0.25, 0.3) is 11.7 Å². The van der Waals surface area contributed by atoms with Crippen LogP contribution in [0, 0.1) is 0 Å². The number of carboxylic acids is 2. The second-order valence-corrected chi connectivity index (χ2v) is 8.28. The molecule has 0 fully saturated rings. The summed E-state index contributed by atoms with van der Waals surface area (Å²) >= 11 is 0. The van der Waals surface area contributed by atoms with Crippen LogP contribution in [0.2, 0.25) is 0 Å². The van der Waals surface area contributed by atoms with Gasteiger partial charge in [0.1, 0.15) is 0 Å². The maximum atomic E-state index is 13.0. The first-order valence-corrected chi connectivity index (χ1v) is 11.3. The average Bonchev–Trinajstić information content (AvgIpc) is 2.94. The Balaban J connectivity index is 2.15. The van der Waals surface area contributed by atoms with Crippen LogP contribution in [0.3, 0.4) is 0 Å². The SMILES string of the molecule is NC(=O)[C@H](O)[C@@H](N)c1ccc(C(OC(=O)c2ccccc2)(C(=O)O)C(OC(=O)c2ccccc2)C(=O)O)cc1. The lowest BCUT2D eigenvalue weighted by molar-refractivity contribution is -0.186. The van der Waals surface area contributed by atoms with E-state index in [1.807, 2.05) is 0 Å². The smallest absolute Gasteiger partial charge is 0.357 e. The molecule has 7 N–H and O–H groups in total. The first kappa shape index (κ1) is 28.5. The molecule has 0 saturated carbocycles. The minimum atomic E-state index is -3.09. The summed E-state index contributed by atoms with van der Waals surface area (Å²) in [5, 5.41) is 30.3. The largest absolute Gasteiger partial charge is 0.478 e. The number of hydrogen-bond donors (Lipinski definition) is 5. The normalized spacial score (nSPS) is 14.6. The van der Waals surface area contributed by atoms with Gasteiger partial charge >= 0.3 is 23.9 Å². The van der Waals surface area contributed by atoms with Crippen molar-refractivity contribution in [2.75, 3.05) is 0 Å².